The number of hydrogen-bond acceptors (Lipinski definition) is 4. The topological polar surface area (TPSA) is 75.6 Å². The molecular weight excluding hydrogens is 453 g/mol. The van der Waals surface area contributed by atoms with Gasteiger partial charge in [0, 0.05) is 5.56 Å². The molecule has 2 N–H and O–H groups in total. The first-order chi connectivity index (χ1) is 16.4. The Balaban J connectivity index is 0.00000432. The number of hydrogen-bond donors (Lipinski definition) is 2. The van der Waals surface area contributed by atoms with Crippen LogP contribution in [0.3, 0.4) is 0 Å². The van der Waals surface area contributed by atoms with Crippen LogP contribution in [0.4, 0.5) is 0 Å². The third-order valence-electron chi connectivity index (χ3n) is 5.64. The summed E-state index contributed by atoms with van der Waals surface area (Å²) in [5, 5.41) is 12.2. The third kappa shape index (κ3) is 8.30. The predicted octanol–water partition coefficient (Wildman–Crippen LogP) is 4.97. The van der Waals surface area contributed by atoms with E-state index in [0.717, 1.165) is 27.8 Å². The molecule has 0 saturated heterocycles. The fourth-order valence-corrected chi connectivity index (χ4v) is 4.15. The Morgan fingerprint density at radius 1 is 0.943 bits per heavy atom. The number of benzene rings is 3. The van der Waals surface area contributed by atoms with Gasteiger partial charge in [0.1, 0.15) is 6.04 Å². The molecule has 180 valence electrons. The number of amides is 1. The van der Waals surface area contributed by atoms with E-state index in [0.29, 0.717) is 31.0 Å². The quantitative estimate of drug-likeness (QED) is 0.375. The molecule has 0 radical (unpaired) electrons. The minimum absolute atomic E-state index is 0. The van der Waals surface area contributed by atoms with Crippen LogP contribution in [-0.4, -0.2) is 53.9 Å². The molecule has 0 aromatic heterocycles. The van der Waals surface area contributed by atoms with E-state index in [9.17, 15) is 14.7 Å². The van der Waals surface area contributed by atoms with Crippen molar-refractivity contribution in [3.63, 3.8) is 0 Å². The summed E-state index contributed by atoms with van der Waals surface area (Å²) in [6.45, 7) is 4.95. The summed E-state index contributed by atoms with van der Waals surface area (Å²) in [7, 11) is 0. The van der Waals surface area contributed by atoms with Gasteiger partial charge in [-0.3, -0.25) is 4.79 Å². The van der Waals surface area contributed by atoms with E-state index in [1.54, 1.807) is 17.8 Å². The van der Waals surface area contributed by atoms with E-state index in [1.165, 1.54) is 5.56 Å². The predicted molar refractivity (Wildman–Crippen MR) is 145 cm³/mol. The van der Waals surface area contributed by atoms with Crippen LogP contribution in [0.2, 0.25) is 0 Å². The number of aliphatic carboxylic acids is 1. The molecule has 0 aliphatic rings. The molecule has 1 unspecified atom stereocenters. The van der Waals surface area contributed by atoms with Crippen molar-refractivity contribution in [1.82, 2.24) is 5.32 Å². The van der Waals surface area contributed by atoms with Gasteiger partial charge >= 0.3 is 24.8 Å². The zero-order valence-electron chi connectivity index (χ0n) is 19.8. The van der Waals surface area contributed by atoms with Gasteiger partial charge in [-0.1, -0.05) is 60.2 Å². The molecule has 35 heavy (non-hydrogen) atoms. The van der Waals surface area contributed by atoms with Crippen molar-refractivity contribution >= 4 is 42.5 Å². The Kier molecular flexibility index (Phi) is 11.6. The molecule has 0 aliphatic heterocycles. The molecule has 3 aromatic rings. The van der Waals surface area contributed by atoms with Crippen LogP contribution in [0, 0.1) is 13.8 Å². The average Bonchev–Trinajstić information content (AvgIpc) is 2.83. The van der Waals surface area contributed by atoms with Crippen LogP contribution in [-0.2, 0) is 22.7 Å². The fraction of sp³-hybridized carbons (Fsp3) is 0.286. The van der Waals surface area contributed by atoms with Crippen molar-refractivity contribution in [1.29, 1.82) is 0 Å². The molecular formula is C28H32LiNO4S. The number of carboxylic acids is 1. The monoisotopic (exact) mass is 485 g/mol. The van der Waals surface area contributed by atoms with E-state index < -0.39 is 12.0 Å². The normalized spacial score (nSPS) is 11.4. The van der Waals surface area contributed by atoms with Gasteiger partial charge in [0.15, 0.2) is 0 Å². The van der Waals surface area contributed by atoms with Crippen LogP contribution >= 0.6 is 11.8 Å². The maximum absolute atomic E-state index is 13.2. The fourth-order valence-electron chi connectivity index (χ4n) is 3.68. The summed E-state index contributed by atoms with van der Waals surface area (Å²) in [6, 6.07) is 20.7. The standard InChI is InChI=1S/C28H31NO4S.Li.H/c1-19-8-10-21(11-9-19)17-33-18-22-12-13-24(25(16-22)23-7-5-4-6-20(23)2)27(30)29-26(28(31)32)14-15-34-3;;/h4-13,16,26H,14-15,17-18H2,1-3H3,(H,29,30)(H,31,32);;. The van der Waals surface area contributed by atoms with Crippen molar-refractivity contribution in [3.8, 4) is 11.1 Å². The molecule has 0 aliphatic carbocycles. The van der Waals surface area contributed by atoms with E-state index in [2.05, 4.69) is 36.5 Å². The molecule has 0 bridgehead atoms. The molecule has 0 saturated carbocycles. The number of carbonyl (C=O) groups is 2. The van der Waals surface area contributed by atoms with Crippen LogP contribution in [0.25, 0.3) is 11.1 Å². The summed E-state index contributed by atoms with van der Waals surface area (Å²) in [5.41, 5.74) is 6.44. The number of carbonyl (C=O) groups excluding carboxylic acids is 1. The summed E-state index contributed by atoms with van der Waals surface area (Å²) < 4.78 is 5.93. The van der Waals surface area contributed by atoms with Crippen molar-refractivity contribution < 1.29 is 19.4 Å². The van der Waals surface area contributed by atoms with Crippen molar-refractivity contribution in [3.05, 3.63) is 94.5 Å². The van der Waals surface area contributed by atoms with Crippen molar-refractivity contribution in [2.45, 2.75) is 39.5 Å². The molecule has 5 nitrogen and oxygen atoms in total. The van der Waals surface area contributed by atoms with E-state index in [-0.39, 0.29) is 24.8 Å². The maximum atomic E-state index is 13.2. The van der Waals surface area contributed by atoms with Crippen LogP contribution < -0.4 is 5.32 Å². The second kappa shape index (κ2) is 14.2. The zero-order chi connectivity index (χ0) is 24.5. The van der Waals surface area contributed by atoms with Crippen LogP contribution in [0.15, 0.2) is 66.7 Å². The SMILES string of the molecule is CSCCC(NC(=O)c1ccc(COCc2ccc(C)cc2)cc1-c1ccccc1C)C(=O)O.[LiH]. The van der Waals surface area contributed by atoms with Gasteiger partial charge < -0.3 is 15.2 Å². The first kappa shape index (κ1) is 28.7. The summed E-state index contributed by atoms with van der Waals surface area (Å²) in [4.78, 5) is 24.8. The second-order valence-corrected chi connectivity index (χ2v) is 9.30. The number of nitrogens with one attached hydrogen (secondary N) is 1. The molecule has 7 heteroatoms. The molecule has 0 spiro atoms. The number of thioether (sulfide) groups is 1. The average molecular weight is 486 g/mol. The molecule has 0 fully saturated rings. The summed E-state index contributed by atoms with van der Waals surface area (Å²) >= 11 is 1.55. The molecule has 3 rings (SSSR count). The Morgan fingerprint density at radius 2 is 1.60 bits per heavy atom. The Morgan fingerprint density at radius 3 is 2.26 bits per heavy atom. The summed E-state index contributed by atoms with van der Waals surface area (Å²) in [6.07, 6.45) is 2.28. The Labute approximate surface area is 223 Å². The zero-order valence-corrected chi connectivity index (χ0v) is 20.7. The van der Waals surface area contributed by atoms with Gasteiger partial charge in [0.25, 0.3) is 5.91 Å². The molecule has 0 heterocycles. The number of rotatable bonds is 11. The van der Waals surface area contributed by atoms with Crippen LogP contribution in [0.1, 0.15) is 39.0 Å². The molecule has 3 aromatic carbocycles. The van der Waals surface area contributed by atoms with E-state index in [4.69, 9.17) is 4.74 Å². The van der Waals surface area contributed by atoms with Gasteiger partial charge in [0.05, 0.1) is 13.2 Å². The molecule has 1 atom stereocenters. The third-order valence-corrected chi connectivity index (χ3v) is 6.28. The van der Waals surface area contributed by atoms with Gasteiger partial charge in [-0.25, -0.2) is 4.79 Å². The number of carboxylic acid groups (broad SMARTS) is 1. The number of ether oxygens (including phenoxy) is 1. The first-order valence-corrected chi connectivity index (χ1v) is 12.6. The van der Waals surface area contributed by atoms with E-state index in [1.807, 2.05) is 49.6 Å². The van der Waals surface area contributed by atoms with Gasteiger partial charge in [-0.15, -0.1) is 0 Å². The second-order valence-electron chi connectivity index (χ2n) is 8.32. The Bertz CT molecular complexity index is 1130. The van der Waals surface area contributed by atoms with E-state index >= 15 is 0 Å². The minimum atomic E-state index is -1.03. The Hall–Kier alpha value is -2.49. The van der Waals surface area contributed by atoms with Crippen molar-refractivity contribution in [2.75, 3.05) is 12.0 Å². The van der Waals surface area contributed by atoms with Gasteiger partial charge in [-0.2, -0.15) is 11.8 Å². The molecule has 1 amide bonds. The van der Waals surface area contributed by atoms with Gasteiger partial charge in [-0.05, 0) is 72.2 Å². The van der Waals surface area contributed by atoms with Crippen LogP contribution in [0.5, 0.6) is 0 Å². The number of aryl methyl sites for hydroxylation is 2. The van der Waals surface area contributed by atoms with Crippen molar-refractivity contribution in [2.24, 2.45) is 0 Å². The first-order valence-electron chi connectivity index (χ1n) is 11.2. The van der Waals surface area contributed by atoms with Gasteiger partial charge in [0.2, 0.25) is 0 Å². The summed E-state index contributed by atoms with van der Waals surface area (Å²) in [5.74, 6) is -0.765.